The number of phenolic OH excluding ortho intramolecular Hbond substituents is 1. The van der Waals surface area contributed by atoms with E-state index in [9.17, 15) is 14.3 Å². The first-order valence-corrected chi connectivity index (χ1v) is 6.11. The highest BCUT2D eigenvalue weighted by molar-refractivity contribution is 5.96. The quantitative estimate of drug-likeness (QED) is 0.833. The van der Waals surface area contributed by atoms with Crippen molar-refractivity contribution >= 4 is 5.91 Å². The molecule has 0 unspecified atom stereocenters. The normalized spacial score (nSPS) is 11.4. The third kappa shape index (κ3) is 4.87. The summed E-state index contributed by atoms with van der Waals surface area (Å²) >= 11 is 0. The van der Waals surface area contributed by atoms with Gasteiger partial charge in [-0.15, -0.1) is 0 Å². The van der Waals surface area contributed by atoms with Crippen LogP contribution in [0.3, 0.4) is 0 Å². The Kier molecular flexibility index (Phi) is 5.30. The fraction of sp³-hybridized carbons (Fsp3) is 0.500. The number of methoxy groups -OCH3 is 1. The van der Waals surface area contributed by atoms with Crippen molar-refractivity contribution in [1.29, 1.82) is 0 Å². The Morgan fingerprint density at radius 3 is 2.79 bits per heavy atom. The predicted molar refractivity (Wildman–Crippen MR) is 70.7 cm³/mol. The number of ether oxygens (including phenoxy) is 1. The molecule has 19 heavy (non-hydrogen) atoms. The van der Waals surface area contributed by atoms with E-state index in [2.05, 4.69) is 5.32 Å². The number of halogens is 1. The van der Waals surface area contributed by atoms with Crippen LogP contribution in [0.15, 0.2) is 18.2 Å². The van der Waals surface area contributed by atoms with Gasteiger partial charge in [-0.1, -0.05) is 13.8 Å². The molecule has 0 aliphatic heterocycles. The minimum Gasteiger partial charge on any atom is -0.507 e. The van der Waals surface area contributed by atoms with E-state index in [1.54, 1.807) is 7.11 Å². The molecule has 0 aliphatic rings. The van der Waals surface area contributed by atoms with E-state index < -0.39 is 11.7 Å². The maximum atomic E-state index is 13.0. The van der Waals surface area contributed by atoms with E-state index in [0.29, 0.717) is 13.2 Å². The summed E-state index contributed by atoms with van der Waals surface area (Å²) in [6.07, 6.45) is 0.791. The number of benzene rings is 1. The molecular formula is C14H20FNO3. The summed E-state index contributed by atoms with van der Waals surface area (Å²) in [5, 5.41) is 12.2. The number of hydrogen-bond acceptors (Lipinski definition) is 3. The van der Waals surface area contributed by atoms with Gasteiger partial charge < -0.3 is 15.2 Å². The average molecular weight is 269 g/mol. The molecule has 5 heteroatoms. The maximum absolute atomic E-state index is 13.0. The van der Waals surface area contributed by atoms with Gasteiger partial charge in [-0.25, -0.2) is 4.39 Å². The Hall–Kier alpha value is -1.62. The van der Waals surface area contributed by atoms with Gasteiger partial charge >= 0.3 is 0 Å². The second kappa shape index (κ2) is 6.52. The molecule has 1 aromatic rings. The highest BCUT2D eigenvalue weighted by atomic mass is 19.1. The van der Waals surface area contributed by atoms with Crippen LogP contribution < -0.4 is 5.32 Å². The van der Waals surface area contributed by atoms with Gasteiger partial charge in [-0.05, 0) is 30.0 Å². The molecule has 0 fully saturated rings. The van der Waals surface area contributed by atoms with E-state index in [4.69, 9.17) is 4.74 Å². The summed E-state index contributed by atoms with van der Waals surface area (Å²) < 4.78 is 18.0. The minimum absolute atomic E-state index is 0.0532. The number of aromatic hydroxyl groups is 1. The number of rotatable bonds is 6. The van der Waals surface area contributed by atoms with Crippen molar-refractivity contribution in [2.75, 3.05) is 20.3 Å². The van der Waals surface area contributed by atoms with Crippen LogP contribution in [0, 0.1) is 11.2 Å². The molecule has 0 radical (unpaired) electrons. The van der Waals surface area contributed by atoms with Gasteiger partial charge in [0.2, 0.25) is 0 Å². The molecule has 0 spiro atoms. The van der Waals surface area contributed by atoms with E-state index in [1.165, 1.54) is 6.07 Å². The number of phenols is 1. The first kappa shape index (κ1) is 15.4. The molecule has 4 nitrogen and oxygen atoms in total. The van der Waals surface area contributed by atoms with Crippen molar-refractivity contribution < 1.29 is 19.0 Å². The molecule has 1 rings (SSSR count). The number of hydrogen-bond donors (Lipinski definition) is 2. The molecule has 0 aliphatic carbocycles. The van der Waals surface area contributed by atoms with Crippen molar-refractivity contribution in [2.24, 2.45) is 5.41 Å². The molecule has 0 heterocycles. The monoisotopic (exact) mass is 269 g/mol. The third-order valence-corrected chi connectivity index (χ3v) is 2.91. The highest BCUT2D eigenvalue weighted by Gasteiger charge is 2.20. The molecule has 0 bridgehead atoms. The zero-order chi connectivity index (χ0) is 14.5. The van der Waals surface area contributed by atoms with E-state index in [1.807, 2.05) is 13.8 Å². The highest BCUT2D eigenvalue weighted by Crippen LogP contribution is 2.21. The van der Waals surface area contributed by atoms with Gasteiger partial charge in [0.15, 0.2) is 0 Å². The summed E-state index contributed by atoms with van der Waals surface area (Å²) in [5.74, 6) is -1.27. The number of amides is 1. The SMILES string of the molecule is COCCC(C)(C)CNC(=O)c1cc(F)ccc1O. The first-order chi connectivity index (χ1) is 8.85. The Morgan fingerprint density at radius 1 is 1.47 bits per heavy atom. The van der Waals surface area contributed by atoms with Crippen molar-refractivity contribution in [3.63, 3.8) is 0 Å². The fourth-order valence-electron chi connectivity index (χ4n) is 1.57. The lowest BCUT2D eigenvalue weighted by molar-refractivity contribution is 0.0918. The second-order valence-corrected chi connectivity index (χ2v) is 5.25. The molecule has 0 aromatic heterocycles. The molecule has 0 atom stereocenters. The standard InChI is InChI=1S/C14H20FNO3/c1-14(2,6-7-19-3)9-16-13(18)11-8-10(15)4-5-12(11)17/h4-5,8,17H,6-7,9H2,1-3H3,(H,16,18). The smallest absolute Gasteiger partial charge is 0.255 e. The zero-order valence-electron chi connectivity index (χ0n) is 11.5. The Bertz CT molecular complexity index is 446. The van der Waals surface area contributed by atoms with Crippen LogP contribution in [0.25, 0.3) is 0 Å². The number of carbonyl (C=O) groups excluding carboxylic acids is 1. The molecule has 2 N–H and O–H groups in total. The van der Waals surface area contributed by atoms with E-state index in [0.717, 1.165) is 18.6 Å². The van der Waals surface area contributed by atoms with Crippen LogP contribution in [0.2, 0.25) is 0 Å². The summed E-state index contributed by atoms with van der Waals surface area (Å²) in [7, 11) is 1.62. The Morgan fingerprint density at radius 2 is 2.16 bits per heavy atom. The molecule has 1 aromatic carbocycles. The summed E-state index contributed by atoms with van der Waals surface area (Å²) in [4.78, 5) is 11.9. The van der Waals surface area contributed by atoms with Gasteiger partial charge in [0.05, 0.1) is 5.56 Å². The van der Waals surface area contributed by atoms with Crippen LogP contribution >= 0.6 is 0 Å². The Balaban J connectivity index is 2.62. The van der Waals surface area contributed by atoms with Gasteiger partial charge in [0.1, 0.15) is 11.6 Å². The third-order valence-electron chi connectivity index (χ3n) is 2.91. The van der Waals surface area contributed by atoms with Gasteiger partial charge in [0, 0.05) is 20.3 Å². The van der Waals surface area contributed by atoms with E-state index >= 15 is 0 Å². The lowest BCUT2D eigenvalue weighted by Gasteiger charge is -2.24. The van der Waals surface area contributed by atoms with Crippen LogP contribution in [0.5, 0.6) is 5.75 Å². The summed E-state index contributed by atoms with van der Waals surface area (Å²) in [5.41, 5.74) is -0.184. The lowest BCUT2D eigenvalue weighted by Crippen LogP contribution is -2.34. The number of carbonyl (C=O) groups is 1. The molecule has 106 valence electrons. The molecule has 1 amide bonds. The van der Waals surface area contributed by atoms with Crippen molar-refractivity contribution in [1.82, 2.24) is 5.32 Å². The lowest BCUT2D eigenvalue weighted by atomic mass is 9.89. The van der Waals surface area contributed by atoms with Gasteiger partial charge in [0.25, 0.3) is 5.91 Å². The molecule has 0 saturated carbocycles. The topological polar surface area (TPSA) is 58.6 Å². The molecule has 0 saturated heterocycles. The largest absolute Gasteiger partial charge is 0.507 e. The predicted octanol–water partition coefficient (Wildman–Crippen LogP) is 2.32. The fourth-order valence-corrected chi connectivity index (χ4v) is 1.57. The second-order valence-electron chi connectivity index (χ2n) is 5.25. The van der Waals surface area contributed by atoms with Crippen LogP contribution in [-0.4, -0.2) is 31.3 Å². The first-order valence-electron chi connectivity index (χ1n) is 6.11. The van der Waals surface area contributed by atoms with Gasteiger partial charge in [-0.2, -0.15) is 0 Å². The van der Waals surface area contributed by atoms with E-state index in [-0.39, 0.29) is 16.7 Å². The minimum atomic E-state index is -0.554. The summed E-state index contributed by atoms with van der Waals surface area (Å²) in [6, 6.07) is 3.29. The van der Waals surface area contributed by atoms with Gasteiger partial charge in [-0.3, -0.25) is 4.79 Å². The average Bonchev–Trinajstić information content (AvgIpc) is 2.36. The molecular weight excluding hydrogens is 249 g/mol. The van der Waals surface area contributed by atoms with Crippen LogP contribution in [0.4, 0.5) is 4.39 Å². The van der Waals surface area contributed by atoms with Crippen LogP contribution in [-0.2, 0) is 4.74 Å². The maximum Gasteiger partial charge on any atom is 0.255 e. The van der Waals surface area contributed by atoms with Crippen molar-refractivity contribution in [2.45, 2.75) is 20.3 Å². The van der Waals surface area contributed by atoms with Crippen molar-refractivity contribution in [3.05, 3.63) is 29.6 Å². The summed E-state index contributed by atoms with van der Waals surface area (Å²) in [6.45, 7) is 5.02. The Labute approximate surface area is 112 Å². The van der Waals surface area contributed by atoms with Crippen LogP contribution in [0.1, 0.15) is 30.6 Å². The zero-order valence-corrected chi connectivity index (χ0v) is 11.5. The van der Waals surface area contributed by atoms with Crippen molar-refractivity contribution in [3.8, 4) is 5.75 Å². The number of nitrogens with one attached hydrogen (secondary N) is 1.